The van der Waals surface area contributed by atoms with Crippen LogP contribution in [0.1, 0.15) is 24.2 Å². The monoisotopic (exact) mass is 283 g/mol. The van der Waals surface area contributed by atoms with E-state index in [0.717, 1.165) is 11.3 Å². The molecule has 1 amide bonds. The molecule has 0 bridgehead atoms. The summed E-state index contributed by atoms with van der Waals surface area (Å²) in [7, 11) is 0. The van der Waals surface area contributed by atoms with Crippen LogP contribution in [0.2, 0.25) is 0 Å². The van der Waals surface area contributed by atoms with Gasteiger partial charge in [0.05, 0.1) is 0 Å². The largest absolute Gasteiger partial charge is 0.399 e. The topological polar surface area (TPSA) is 96.7 Å². The van der Waals surface area contributed by atoms with Gasteiger partial charge in [-0.2, -0.15) is 5.26 Å². The number of aromatic nitrogens is 2. The molecule has 0 fully saturated rings. The van der Waals surface area contributed by atoms with Crippen molar-refractivity contribution >= 4 is 17.3 Å². The van der Waals surface area contributed by atoms with E-state index >= 15 is 0 Å². The number of carbonyl (C=O) groups is 1. The van der Waals surface area contributed by atoms with Crippen LogP contribution in [0.25, 0.3) is 0 Å². The number of hydrogen-bond acceptors (Lipinski definition) is 4. The van der Waals surface area contributed by atoms with Crippen molar-refractivity contribution in [2.45, 2.75) is 26.3 Å². The number of nitrogen functional groups attached to an aromatic ring is 1. The SMILES string of the molecule is Cc1ccc(N)cc1NC(=O)CCCn1ccnc1C#N. The molecule has 0 saturated heterocycles. The van der Waals surface area contributed by atoms with Gasteiger partial charge in [0, 0.05) is 36.7 Å². The zero-order valence-corrected chi connectivity index (χ0v) is 11.8. The number of carbonyl (C=O) groups excluding carboxylic acids is 1. The molecule has 0 aliphatic rings. The first kappa shape index (κ1) is 14.6. The fourth-order valence-corrected chi connectivity index (χ4v) is 2.00. The lowest BCUT2D eigenvalue weighted by Gasteiger charge is -2.09. The normalized spacial score (nSPS) is 10.1. The molecule has 108 valence electrons. The molecule has 0 atom stereocenters. The maximum absolute atomic E-state index is 11.9. The minimum absolute atomic E-state index is 0.0673. The third kappa shape index (κ3) is 3.83. The second kappa shape index (κ2) is 6.57. The van der Waals surface area contributed by atoms with Gasteiger partial charge in [0.2, 0.25) is 11.7 Å². The molecule has 0 radical (unpaired) electrons. The number of anilines is 2. The summed E-state index contributed by atoms with van der Waals surface area (Å²) in [5.74, 6) is 0.296. The molecule has 1 heterocycles. The molecule has 0 saturated carbocycles. The van der Waals surface area contributed by atoms with Crippen LogP contribution in [0.5, 0.6) is 0 Å². The number of hydrogen-bond donors (Lipinski definition) is 2. The van der Waals surface area contributed by atoms with E-state index in [4.69, 9.17) is 11.0 Å². The van der Waals surface area contributed by atoms with E-state index in [2.05, 4.69) is 10.3 Å². The van der Waals surface area contributed by atoms with Crippen LogP contribution in [0.3, 0.4) is 0 Å². The van der Waals surface area contributed by atoms with Gasteiger partial charge >= 0.3 is 0 Å². The first-order valence-corrected chi connectivity index (χ1v) is 6.67. The molecule has 2 rings (SSSR count). The van der Waals surface area contributed by atoms with Crippen LogP contribution in [-0.4, -0.2) is 15.5 Å². The van der Waals surface area contributed by atoms with Crippen LogP contribution in [0.4, 0.5) is 11.4 Å². The highest BCUT2D eigenvalue weighted by atomic mass is 16.1. The molecule has 6 heteroatoms. The lowest BCUT2D eigenvalue weighted by molar-refractivity contribution is -0.116. The predicted octanol–water partition coefficient (Wildman–Crippen LogP) is 2.06. The Kier molecular flexibility index (Phi) is 4.57. The minimum atomic E-state index is -0.0673. The fourth-order valence-electron chi connectivity index (χ4n) is 2.00. The second-order valence-electron chi connectivity index (χ2n) is 4.78. The summed E-state index contributed by atoms with van der Waals surface area (Å²) >= 11 is 0. The highest BCUT2D eigenvalue weighted by molar-refractivity contribution is 5.91. The minimum Gasteiger partial charge on any atom is -0.399 e. The molecule has 1 aromatic carbocycles. The van der Waals surface area contributed by atoms with Gasteiger partial charge in [0.15, 0.2) is 0 Å². The van der Waals surface area contributed by atoms with E-state index in [1.54, 1.807) is 29.1 Å². The van der Waals surface area contributed by atoms with Gasteiger partial charge in [0.25, 0.3) is 0 Å². The quantitative estimate of drug-likeness (QED) is 0.821. The average Bonchev–Trinajstić information content (AvgIpc) is 2.90. The third-order valence-electron chi connectivity index (χ3n) is 3.15. The summed E-state index contributed by atoms with van der Waals surface area (Å²) in [6.45, 7) is 2.51. The Morgan fingerprint density at radius 1 is 1.52 bits per heavy atom. The molecule has 1 aromatic heterocycles. The van der Waals surface area contributed by atoms with Gasteiger partial charge in [0.1, 0.15) is 6.07 Å². The van der Waals surface area contributed by atoms with Crippen LogP contribution in [0.15, 0.2) is 30.6 Å². The Balaban J connectivity index is 1.85. The number of benzene rings is 1. The highest BCUT2D eigenvalue weighted by Crippen LogP contribution is 2.18. The van der Waals surface area contributed by atoms with E-state index in [0.29, 0.717) is 30.9 Å². The van der Waals surface area contributed by atoms with Crippen molar-refractivity contribution in [1.29, 1.82) is 5.26 Å². The molecule has 0 aliphatic carbocycles. The zero-order valence-electron chi connectivity index (χ0n) is 11.8. The number of rotatable bonds is 5. The predicted molar refractivity (Wildman–Crippen MR) is 80.4 cm³/mol. The second-order valence-corrected chi connectivity index (χ2v) is 4.78. The Bertz CT molecular complexity index is 684. The van der Waals surface area contributed by atoms with Gasteiger partial charge in [-0.1, -0.05) is 6.07 Å². The third-order valence-corrected chi connectivity index (χ3v) is 3.15. The van der Waals surface area contributed by atoms with E-state index in [-0.39, 0.29) is 5.91 Å². The summed E-state index contributed by atoms with van der Waals surface area (Å²) in [6.07, 6.45) is 4.32. The Morgan fingerprint density at radius 2 is 2.33 bits per heavy atom. The number of nitrogens with zero attached hydrogens (tertiary/aromatic N) is 3. The van der Waals surface area contributed by atoms with Crippen molar-refractivity contribution in [2.75, 3.05) is 11.1 Å². The van der Waals surface area contributed by atoms with Crippen LogP contribution in [0, 0.1) is 18.3 Å². The van der Waals surface area contributed by atoms with Crippen LogP contribution in [-0.2, 0) is 11.3 Å². The first-order chi connectivity index (χ1) is 10.1. The van der Waals surface area contributed by atoms with Crippen molar-refractivity contribution in [1.82, 2.24) is 9.55 Å². The average molecular weight is 283 g/mol. The Hall–Kier alpha value is -2.81. The van der Waals surface area contributed by atoms with Crippen LogP contribution < -0.4 is 11.1 Å². The van der Waals surface area contributed by atoms with Gasteiger partial charge in [-0.05, 0) is 31.0 Å². The molecule has 0 spiro atoms. The summed E-state index contributed by atoms with van der Waals surface area (Å²) < 4.78 is 1.74. The van der Waals surface area contributed by atoms with Gasteiger partial charge in [-0.15, -0.1) is 0 Å². The summed E-state index contributed by atoms with van der Waals surface area (Å²) in [5, 5.41) is 11.7. The number of nitrogens with two attached hydrogens (primary N) is 1. The van der Waals surface area contributed by atoms with E-state index in [1.165, 1.54) is 0 Å². The number of nitrogens with one attached hydrogen (secondary N) is 1. The molecule has 0 aliphatic heterocycles. The van der Waals surface area contributed by atoms with E-state index in [9.17, 15) is 4.79 Å². The maximum Gasteiger partial charge on any atom is 0.224 e. The number of imidazole rings is 1. The van der Waals surface area contributed by atoms with Gasteiger partial charge in [-0.3, -0.25) is 4.79 Å². The highest BCUT2D eigenvalue weighted by Gasteiger charge is 2.06. The first-order valence-electron chi connectivity index (χ1n) is 6.67. The van der Waals surface area contributed by atoms with Crippen LogP contribution >= 0.6 is 0 Å². The molecule has 3 N–H and O–H groups in total. The summed E-state index contributed by atoms with van der Waals surface area (Å²) in [5.41, 5.74) is 8.03. The fraction of sp³-hybridized carbons (Fsp3) is 0.267. The van der Waals surface area contributed by atoms with Crippen molar-refractivity contribution in [2.24, 2.45) is 0 Å². The smallest absolute Gasteiger partial charge is 0.224 e. The molecule has 6 nitrogen and oxygen atoms in total. The van der Waals surface area contributed by atoms with Gasteiger partial charge in [-0.25, -0.2) is 4.98 Å². The lowest BCUT2D eigenvalue weighted by Crippen LogP contribution is -2.13. The van der Waals surface area contributed by atoms with E-state index < -0.39 is 0 Å². The Morgan fingerprint density at radius 3 is 3.10 bits per heavy atom. The molecule has 2 aromatic rings. The number of amides is 1. The molecular formula is C15H17N5O. The Labute approximate surface area is 123 Å². The zero-order chi connectivity index (χ0) is 15.2. The summed E-state index contributed by atoms with van der Waals surface area (Å²) in [4.78, 5) is 15.8. The summed E-state index contributed by atoms with van der Waals surface area (Å²) in [6, 6.07) is 7.42. The number of nitriles is 1. The number of aryl methyl sites for hydroxylation is 2. The van der Waals surface area contributed by atoms with Crippen molar-refractivity contribution in [3.8, 4) is 6.07 Å². The standard InChI is InChI=1S/C15H17N5O/c1-11-4-5-12(17)9-13(11)19-15(21)3-2-7-20-8-6-18-14(20)10-16/h4-6,8-9H,2-3,7,17H2,1H3,(H,19,21). The lowest BCUT2D eigenvalue weighted by atomic mass is 10.1. The molecule has 0 unspecified atom stereocenters. The molecular weight excluding hydrogens is 266 g/mol. The van der Waals surface area contributed by atoms with Crippen molar-refractivity contribution in [3.63, 3.8) is 0 Å². The molecule has 21 heavy (non-hydrogen) atoms. The maximum atomic E-state index is 11.9. The van der Waals surface area contributed by atoms with Crippen molar-refractivity contribution in [3.05, 3.63) is 42.0 Å². The van der Waals surface area contributed by atoms with E-state index in [1.807, 2.05) is 19.1 Å². The van der Waals surface area contributed by atoms with Gasteiger partial charge < -0.3 is 15.6 Å². The van der Waals surface area contributed by atoms with Crippen molar-refractivity contribution < 1.29 is 4.79 Å².